The molecule has 0 atom stereocenters. The molecule has 0 saturated heterocycles. The summed E-state index contributed by atoms with van der Waals surface area (Å²) < 4.78 is 22.2. The van der Waals surface area contributed by atoms with Crippen molar-refractivity contribution in [3.63, 3.8) is 0 Å². The van der Waals surface area contributed by atoms with E-state index in [9.17, 15) is 8.42 Å². The first-order valence-corrected chi connectivity index (χ1v) is 4.34. The second-order valence-electron chi connectivity index (χ2n) is 1.38. The maximum Gasteiger partial charge on any atom is 0.222 e. The lowest BCUT2D eigenvalue weighted by molar-refractivity contribution is 0.619. The fraction of sp³-hybridized carbons (Fsp3) is 0. The maximum absolute atomic E-state index is 10.00. The van der Waals surface area contributed by atoms with Gasteiger partial charge in [-0.15, -0.1) is 0 Å². The highest BCUT2D eigenvalue weighted by Crippen LogP contribution is 2.10. The topological polar surface area (TPSA) is 46.2 Å². The molecule has 0 spiro atoms. The summed E-state index contributed by atoms with van der Waals surface area (Å²) in [5.41, 5.74) is 0.635. The summed E-state index contributed by atoms with van der Waals surface area (Å²) in [5.74, 6) is 0. The minimum absolute atomic E-state index is 0.635. The van der Waals surface area contributed by atoms with Crippen molar-refractivity contribution in [1.82, 2.24) is 0 Å². The Morgan fingerprint density at radius 2 is 2.33 bits per heavy atom. The van der Waals surface area contributed by atoms with Crippen molar-refractivity contribution >= 4 is 27.9 Å². The van der Waals surface area contributed by atoms with Crippen LogP contribution in [0.3, 0.4) is 0 Å². The lowest BCUT2D eigenvalue weighted by Crippen LogP contribution is -1.91. The Hall–Kier alpha value is -0.550. The smallest absolute Gasteiger partial charge is 0.222 e. The molecule has 0 aliphatic heterocycles. The van der Waals surface area contributed by atoms with E-state index in [4.69, 9.17) is 0 Å². The van der Waals surface area contributed by atoms with E-state index < -0.39 is 10.9 Å². The van der Waals surface area contributed by atoms with Gasteiger partial charge in [0.05, 0.1) is 5.69 Å². The summed E-state index contributed by atoms with van der Waals surface area (Å²) in [6.07, 6.45) is 0. The zero-order valence-electron chi connectivity index (χ0n) is 4.40. The van der Waals surface area contributed by atoms with Crippen molar-refractivity contribution in [1.29, 1.82) is 0 Å². The van der Waals surface area contributed by atoms with Gasteiger partial charge >= 0.3 is 0 Å². The molecule has 9 heavy (non-hydrogen) atoms. The van der Waals surface area contributed by atoms with E-state index in [0.717, 1.165) is 0 Å². The first-order valence-electron chi connectivity index (χ1n) is 2.22. The van der Waals surface area contributed by atoms with Crippen molar-refractivity contribution in [2.45, 2.75) is 0 Å². The first-order chi connectivity index (χ1) is 4.29. The molecule has 0 aliphatic rings. The van der Waals surface area contributed by atoms with Crippen molar-refractivity contribution in [2.24, 2.45) is 0 Å². The molecule has 0 saturated carbocycles. The molecule has 0 aliphatic carbocycles. The van der Waals surface area contributed by atoms with Gasteiger partial charge < -0.3 is 0 Å². The number of rotatable bonds is 2. The monoisotopic (exact) mass is 163 g/mol. The number of thiophene rings is 1. The molecular weight excluding hydrogens is 158 g/mol. The van der Waals surface area contributed by atoms with Crippen molar-refractivity contribution in [3.05, 3.63) is 16.8 Å². The number of nitrogens with one attached hydrogen (secondary N) is 1. The van der Waals surface area contributed by atoms with Gasteiger partial charge in [0.15, 0.2) is 0 Å². The molecule has 0 unspecified atom stereocenters. The van der Waals surface area contributed by atoms with E-state index >= 15 is 0 Å². The van der Waals surface area contributed by atoms with E-state index in [1.165, 1.54) is 11.3 Å². The second kappa shape index (κ2) is 2.84. The van der Waals surface area contributed by atoms with Gasteiger partial charge in [0.2, 0.25) is 10.9 Å². The molecule has 50 valence electrons. The third-order valence-corrected chi connectivity index (χ3v) is 1.87. The van der Waals surface area contributed by atoms with Crippen LogP contribution in [0.5, 0.6) is 0 Å². The number of anilines is 1. The molecule has 1 aromatic rings. The average molecular weight is 163 g/mol. The van der Waals surface area contributed by atoms with Gasteiger partial charge in [0.1, 0.15) is 0 Å². The summed E-state index contributed by atoms with van der Waals surface area (Å²) >= 11 is 1.45. The van der Waals surface area contributed by atoms with E-state index in [1.807, 2.05) is 0 Å². The summed E-state index contributed by atoms with van der Waals surface area (Å²) in [4.78, 5) is 0. The molecule has 5 heteroatoms. The van der Waals surface area contributed by atoms with Crippen LogP contribution >= 0.6 is 11.3 Å². The van der Waals surface area contributed by atoms with Crippen LogP contribution in [-0.2, 0) is 10.9 Å². The van der Waals surface area contributed by atoms with Crippen LogP contribution in [-0.4, -0.2) is 8.42 Å². The second-order valence-corrected chi connectivity index (χ2v) is 2.90. The van der Waals surface area contributed by atoms with Crippen molar-refractivity contribution in [3.8, 4) is 0 Å². The molecule has 1 rings (SSSR count). The number of thiol groups is 1. The molecule has 0 amide bonds. The predicted molar refractivity (Wildman–Crippen MR) is 38.3 cm³/mol. The minimum Gasteiger partial charge on any atom is -0.285 e. The van der Waals surface area contributed by atoms with Crippen LogP contribution in [0.2, 0.25) is 0 Å². The lowest BCUT2D eigenvalue weighted by atomic mass is 10.6. The van der Waals surface area contributed by atoms with Crippen LogP contribution in [0.25, 0.3) is 0 Å². The molecule has 0 aromatic carbocycles. The van der Waals surface area contributed by atoms with E-state index in [1.54, 1.807) is 16.8 Å². The van der Waals surface area contributed by atoms with Crippen LogP contribution in [0, 0.1) is 0 Å². The zero-order valence-corrected chi connectivity index (χ0v) is 6.11. The average Bonchev–Trinajstić information content (AvgIpc) is 2.15. The molecule has 0 radical (unpaired) electrons. The fourth-order valence-corrected chi connectivity index (χ4v) is 1.46. The van der Waals surface area contributed by atoms with Crippen molar-refractivity contribution < 1.29 is 8.42 Å². The summed E-state index contributed by atoms with van der Waals surface area (Å²) in [6, 6.07) is 1.70. The van der Waals surface area contributed by atoms with E-state index in [0.29, 0.717) is 5.69 Å². The van der Waals surface area contributed by atoms with Gasteiger partial charge in [0, 0.05) is 5.38 Å². The number of hydrogen-bond acceptors (Lipinski definition) is 3. The Morgan fingerprint density at radius 3 is 2.78 bits per heavy atom. The van der Waals surface area contributed by atoms with Gasteiger partial charge in [-0.25, -0.2) is 8.42 Å². The SMILES string of the molecule is O=[SH](=O)Nc1ccsc1. The third-order valence-electron chi connectivity index (χ3n) is 0.742. The van der Waals surface area contributed by atoms with Crippen molar-refractivity contribution in [2.75, 3.05) is 4.72 Å². The molecule has 0 fully saturated rings. The largest absolute Gasteiger partial charge is 0.285 e. The summed E-state index contributed by atoms with van der Waals surface area (Å²) in [5, 5.41) is 3.53. The highest BCUT2D eigenvalue weighted by Gasteiger charge is 1.87. The zero-order chi connectivity index (χ0) is 6.69. The minimum atomic E-state index is -2.49. The van der Waals surface area contributed by atoms with Gasteiger partial charge in [-0.1, -0.05) is 0 Å². The molecule has 3 nitrogen and oxygen atoms in total. The third kappa shape index (κ3) is 2.03. The van der Waals surface area contributed by atoms with Gasteiger partial charge in [-0.05, 0) is 11.4 Å². The van der Waals surface area contributed by atoms with E-state index in [2.05, 4.69) is 4.72 Å². The highest BCUT2D eigenvalue weighted by atomic mass is 32.2. The predicted octanol–water partition coefficient (Wildman–Crippen LogP) is 0.686. The fourth-order valence-electron chi connectivity index (χ4n) is 0.433. The summed E-state index contributed by atoms with van der Waals surface area (Å²) in [6.45, 7) is 0. The standard InChI is InChI=1S/C4H5NO2S2/c6-9(7)5-4-1-2-8-3-4/h1-3,9H,(H,5,6,7). The Labute approximate surface area is 58.4 Å². The normalized spacial score (nSPS) is 9.89. The Balaban J connectivity index is 2.68. The van der Waals surface area contributed by atoms with Crippen LogP contribution in [0.4, 0.5) is 5.69 Å². The number of hydrogen-bond donors (Lipinski definition) is 2. The van der Waals surface area contributed by atoms with Gasteiger partial charge in [-0.2, -0.15) is 11.3 Å². The molecule has 1 heterocycles. The maximum atomic E-state index is 10.00. The molecular formula is C4H5NO2S2. The molecule has 1 aromatic heterocycles. The van der Waals surface area contributed by atoms with E-state index in [-0.39, 0.29) is 0 Å². The van der Waals surface area contributed by atoms with Crippen LogP contribution in [0.1, 0.15) is 0 Å². The Kier molecular flexibility index (Phi) is 2.07. The molecule has 0 bridgehead atoms. The highest BCUT2D eigenvalue weighted by molar-refractivity contribution is 7.73. The van der Waals surface area contributed by atoms with Crippen LogP contribution in [0.15, 0.2) is 16.8 Å². The van der Waals surface area contributed by atoms with Gasteiger partial charge in [0.25, 0.3) is 0 Å². The molecule has 1 N–H and O–H groups in total. The van der Waals surface area contributed by atoms with Crippen LogP contribution < -0.4 is 4.72 Å². The van der Waals surface area contributed by atoms with Gasteiger partial charge in [-0.3, -0.25) is 4.72 Å². The summed E-state index contributed by atoms with van der Waals surface area (Å²) in [7, 11) is -2.49. The lowest BCUT2D eigenvalue weighted by Gasteiger charge is -1.87. The Morgan fingerprint density at radius 1 is 1.56 bits per heavy atom. The first kappa shape index (κ1) is 6.57. The quantitative estimate of drug-likeness (QED) is 0.630. The Bertz CT molecular complexity index is 231.